The lowest BCUT2D eigenvalue weighted by Gasteiger charge is -2.20. The molecule has 1 aliphatic heterocycles. The summed E-state index contributed by atoms with van der Waals surface area (Å²) in [7, 11) is 0. The highest BCUT2D eigenvalue weighted by Gasteiger charge is 2.27. The molecule has 0 spiro atoms. The molecule has 3 aromatic carbocycles. The van der Waals surface area contributed by atoms with Crippen molar-refractivity contribution in [3.63, 3.8) is 0 Å². The van der Waals surface area contributed by atoms with Gasteiger partial charge < -0.3 is 36.3 Å². The molecular weight excluding hydrogens is 909 g/mol. The van der Waals surface area contributed by atoms with Gasteiger partial charge in [-0.25, -0.2) is 14.8 Å². The molecule has 0 saturated heterocycles. The lowest BCUT2D eigenvalue weighted by Crippen LogP contribution is -2.52. The summed E-state index contributed by atoms with van der Waals surface area (Å²) in [6.07, 6.45) is 8.73. The third-order valence-corrected chi connectivity index (χ3v) is 11.8. The predicted molar refractivity (Wildman–Crippen MR) is 269 cm³/mol. The lowest BCUT2D eigenvalue weighted by atomic mass is 10.1. The Kier molecular flexibility index (Phi) is 18.9. The number of nitrogens with two attached hydrogens (primary N) is 1. The minimum atomic E-state index is -1.35. The molecule has 19 nitrogen and oxygen atoms in total. The molecule has 374 valence electrons. The maximum absolute atomic E-state index is 13.4. The summed E-state index contributed by atoms with van der Waals surface area (Å²) in [6, 6.07) is 19.4. The van der Waals surface area contributed by atoms with Gasteiger partial charge >= 0.3 is 6.09 Å². The zero-order valence-electron chi connectivity index (χ0n) is 40.4. The highest BCUT2D eigenvalue weighted by Crippen LogP contribution is 2.32. The number of ether oxygens (including phenoxy) is 1. The van der Waals surface area contributed by atoms with E-state index in [1.807, 2.05) is 48.5 Å². The van der Waals surface area contributed by atoms with Gasteiger partial charge in [0.1, 0.15) is 30.0 Å². The number of primary amides is 1. The van der Waals surface area contributed by atoms with Crippen LogP contribution in [0.1, 0.15) is 108 Å². The molecule has 2 aromatic heterocycles. The first-order valence-corrected chi connectivity index (χ1v) is 24.1. The predicted octanol–water partition coefficient (Wildman–Crippen LogP) is 6.53. The average molecular weight is 971 g/mol. The number of imide groups is 1. The minimum absolute atomic E-state index is 0.00392. The SMILES string of the molecule is CCCCCC(=O)Nc1ccc(Cn2c(CCCC)nc3c(NC(=O)OCc4ccc(NC(=O)[C@H](CC(N)=O)NC(=O)[C@H](C)NC(=O)CCCCCN5C(=O)C=CC5=O)cc4)nc4ccccc4c32)cc1. The smallest absolute Gasteiger partial charge is 0.413 e. The van der Waals surface area contributed by atoms with Crippen LogP contribution in [-0.2, 0) is 57.9 Å². The molecule has 0 fully saturated rings. The van der Waals surface area contributed by atoms with Gasteiger partial charge in [0.25, 0.3) is 11.8 Å². The van der Waals surface area contributed by atoms with E-state index in [9.17, 15) is 38.4 Å². The van der Waals surface area contributed by atoms with Gasteiger partial charge in [-0.15, -0.1) is 0 Å². The van der Waals surface area contributed by atoms with E-state index in [1.165, 1.54) is 19.1 Å². The summed E-state index contributed by atoms with van der Waals surface area (Å²) in [5.41, 5.74) is 10.0. The number of anilines is 3. The van der Waals surface area contributed by atoms with E-state index >= 15 is 0 Å². The van der Waals surface area contributed by atoms with Crippen molar-refractivity contribution in [2.45, 2.75) is 123 Å². The summed E-state index contributed by atoms with van der Waals surface area (Å²) in [5, 5.41) is 14.4. The van der Waals surface area contributed by atoms with Gasteiger partial charge in [-0.1, -0.05) is 82.0 Å². The summed E-state index contributed by atoms with van der Waals surface area (Å²) in [5.74, 6) is -2.34. The number of aryl methyl sites for hydroxylation is 1. The van der Waals surface area contributed by atoms with Gasteiger partial charge in [0.2, 0.25) is 29.5 Å². The van der Waals surface area contributed by atoms with Crippen molar-refractivity contribution in [3.05, 3.63) is 102 Å². The van der Waals surface area contributed by atoms with E-state index in [4.69, 9.17) is 20.4 Å². The Morgan fingerprint density at radius 1 is 0.690 bits per heavy atom. The quantitative estimate of drug-likeness (QED) is 0.0256. The molecule has 5 aromatic rings. The molecule has 2 atom stereocenters. The van der Waals surface area contributed by atoms with E-state index < -0.39 is 48.2 Å². The number of aromatic nitrogens is 3. The Morgan fingerprint density at radius 3 is 2.03 bits per heavy atom. The van der Waals surface area contributed by atoms with Crippen molar-refractivity contribution in [2.75, 3.05) is 22.5 Å². The minimum Gasteiger partial charge on any atom is -0.444 e. The van der Waals surface area contributed by atoms with Gasteiger partial charge in [-0.2, -0.15) is 0 Å². The van der Waals surface area contributed by atoms with E-state index in [0.29, 0.717) is 60.9 Å². The number of hydrogen-bond donors (Lipinski definition) is 6. The molecule has 3 heterocycles. The third-order valence-electron chi connectivity index (χ3n) is 11.8. The second-order valence-electron chi connectivity index (χ2n) is 17.5. The molecule has 19 heteroatoms. The van der Waals surface area contributed by atoms with Crippen LogP contribution in [0, 0.1) is 0 Å². The molecule has 0 unspecified atom stereocenters. The van der Waals surface area contributed by atoms with E-state index in [2.05, 4.69) is 45.0 Å². The maximum Gasteiger partial charge on any atom is 0.413 e. The number of carbonyl (C=O) groups excluding carboxylic acids is 8. The van der Waals surface area contributed by atoms with Gasteiger partial charge in [-0.3, -0.25) is 43.8 Å². The summed E-state index contributed by atoms with van der Waals surface area (Å²) in [6.45, 7) is 6.26. The van der Waals surface area contributed by atoms with Gasteiger partial charge in [0.15, 0.2) is 5.82 Å². The van der Waals surface area contributed by atoms with Crippen LogP contribution in [0.15, 0.2) is 84.9 Å². The normalized spacial score (nSPS) is 13.0. The fraction of sp³-hybridized carbons (Fsp3) is 0.385. The van der Waals surface area contributed by atoms with E-state index in [-0.39, 0.29) is 43.1 Å². The van der Waals surface area contributed by atoms with Crippen LogP contribution in [-0.4, -0.2) is 85.5 Å². The molecule has 1 aliphatic rings. The zero-order valence-corrected chi connectivity index (χ0v) is 40.4. The van der Waals surface area contributed by atoms with E-state index in [1.54, 1.807) is 24.3 Å². The Morgan fingerprint density at radius 2 is 1.34 bits per heavy atom. The van der Waals surface area contributed by atoms with E-state index in [0.717, 1.165) is 65.0 Å². The zero-order chi connectivity index (χ0) is 50.9. The van der Waals surface area contributed by atoms with Crippen molar-refractivity contribution in [1.29, 1.82) is 0 Å². The fourth-order valence-corrected chi connectivity index (χ4v) is 7.97. The van der Waals surface area contributed by atoms with Gasteiger partial charge in [-0.05, 0) is 74.1 Å². The van der Waals surface area contributed by atoms with Crippen LogP contribution in [0.25, 0.3) is 21.9 Å². The second-order valence-corrected chi connectivity index (χ2v) is 17.5. The largest absolute Gasteiger partial charge is 0.444 e. The number of fused-ring (bicyclic) bond motifs is 3. The number of carbonyl (C=O) groups is 8. The standard InChI is InChI=1S/C52H62N10O9/c1-4-6-9-17-44(65)55-36-23-19-34(20-24-36)31-62-42(16-7-5-2)59-47-48(62)38-14-11-12-15-39(38)57-49(47)60-52(70)71-32-35-21-25-37(26-22-35)56-51(69)40(30-41(53)63)58-50(68)33(3)54-43(64)18-10-8-13-29-61-45(66)27-28-46(61)67/h11-12,14-15,19-28,33,40H,4-10,13,16-18,29-32H2,1-3H3,(H2,53,63)(H,54,64)(H,55,65)(H,56,69)(H,58,68)(H,57,60,70)/t33-,40-/m0/s1. The van der Waals surface area contributed by atoms with Gasteiger partial charge in [0, 0.05) is 61.3 Å². The number of amides is 8. The summed E-state index contributed by atoms with van der Waals surface area (Å²) < 4.78 is 7.77. The van der Waals surface area contributed by atoms with Crippen molar-refractivity contribution >= 4 is 86.6 Å². The number of pyridine rings is 1. The highest BCUT2D eigenvalue weighted by atomic mass is 16.5. The molecule has 0 radical (unpaired) electrons. The average Bonchev–Trinajstić information content (AvgIpc) is 3.87. The molecule has 0 bridgehead atoms. The first-order valence-electron chi connectivity index (χ1n) is 24.1. The first kappa shape index (κ1) is 52.4. The lowest BCUT2D eigenvalue weighted by molar-refractivity contribution is -0.137. The van der Waals surface area contributed by atoms with Crippen LogP contribution < -0.4 is 32.3 Å². The van der Waals surface area contributed by atoms with Crippen molar-refractivity contribution in [3.8, 4) is 0 Å². The molecule has 8 amide bonds. The number of hydrogen-bond acceptors (Lipinski definition) is 11. The third kappa shape index (κ3) is 15.0. The molecule has 0 aliphatic carbocycles. The number of imidazole rings is 1. The molecule has 7 N–H and O–H groups in total. The number of rotatable bonds is 26. The summed E-state index contributed by atoms with van der Waals surface area (Å²) in [4.78, 5) is 111. The number of unbranched alkanes of at least 4 members (excludes halogenated alkanes) is 5. The molecule has 0 saturated carbocycles. The Hall–Kier alpha value is -7.96. The van der Waals surface area contributed by atoms with Crippen LogP contribution in [0.2, 0.25) is 0 Å². The molecule has 71 heavy (non-hydrogen) atoms. The van der Waals surface area contributed by atoms with Crippen molar-refractivity contribution in [1.82, 2.24) is 30.1 Å². The van der Waals surface area contributed by atoms with Crippen molar-refractivity contribution in [2.24, 2.45) is 5.73 Å². The van der Waals surface area contributed by atoms with Crippen LogP contribution >= 0.6 is 0 Å². The Bertz CT molecular complexity index is 2750. The van der Waals surface area contributed by atoms with Crippen LogP contribution in [0.5, 0.6) is 0 Å². The maximum atomic E-state index is 13.4. The number of nitrogens with one attached hydrogen (secondary N) is 5. The highest BCUT2D eigenvalue weighted by molar-refractivity contribution is 6.13. The second kappa shape index (κ2) is 25.6. The van der Waals surface area contributed by atoms with Gasteiger partial charge in [0.05, 0.1) is 17.5 Å². The number of benzene rings is 3. The topological polar surface area (TPSA) is 266 Å². The van der Waals surface area contributed by atoms with Crippen LogP contribution in [0.4, 0.5) is 22.0 Å². The molecule has 6 rings (SSSR count). The Labute approximate surface area is 411 Å². The monoisotopic (exact) mass is 970 g/mol. The Balaban J connectivity index is 1.04. The number of para-hydroxylation sites is 1. The number of nitrogens with zero attached hydrogens (tertiary/aromatic N) is 4. The van der Waals surface area contributed by atoms with Crippen LogP contribution in [0.3, 0.4) is 0 Å². The first-order chi connectivity index (χ1) is 34.2. The fourth-order valence-electron chi connectivity index (χ4n) is 7.97. The summed E-state index contributed by atoms with van der Waals surface area (Å²) >= 11 is 0. The van der Waals surface area contributed by atoms with Crippen molar-refractivity contribution < 1.29 is 43.1 Å². The molecular formula is C52H62N10O9.